The van der Waals surface area contributed by atoms with E-state index in [1.165, 1.54) is 6.21 Å². The third-order valence-corrected chi connectivity index (χ3v) is 6.15. The summed E-state index contributed by atoms with van der Waals surface area (Å²) in [5, 5.41) is 8.12. The molecule has 6 heteroatoms. The quantitative estimate of drug-likeness (QED) is 0.117. The van der Waals surface area contributed by atoms with Crippen molar-refractivity contribution in [2.24, 2.45) is 5.10 Å². The highest BCUT2D eigenvalue weighted by molar-refractivity contribution is 6.04. The van der Waals surface area contributed by atoms with E-state index in [2.05, 4.69) is 10.5 Å². The molecule has 1 N–H and O–H groups in total. The van der Waals surface area contributed by atoms with Gasteiger partial charge in [-0.1, -0.05) is 72.8 Å². The van der Waals surface area contributed by atoms with Crippen molar-refractivity contribution in [3.8, 4) is 11.5 Å². The fourth-order valence-electron chi connectivity index (χ4n) is 4.34. The number of rotatable bonds is 8. The van der Waals surface area contributed by atoms with Crippen molar-refractivity contribution >= 4 is 39.6 Å². The van der Waals surface area contributed by atoms with Gasteiger partial charge in [0.2, 0.25) is 5.91 Å². The summed E-state index contributed by atoms with van der Waals surface area (Å²) >= 11 is 0. The van der Waals surface area contributed by atoms with Gasteiger partial charge in [-0.25, -0.2) is 10.2 Å². The molecule has 0 saturated carbocycles. The summed E-state index contributed by atoms with van der Waals surface area (Å²) in [7, 11) is 0. The van der Waals surface area contributed by atoms with Crippen LogP contribution in [0.3, 0.4) is 0 Å². The van der Waals surface area contributed by atoms with Crippen LogP contribution in [-0.4, -0.2) is 24.7 Å². The zero-order valence-electron chi connectivity index (χ0n) is 20.9. The van der Waals surface area contributed by atoms with Crippen LogP contribution in [0.5, 0.6) is 11.5 Å². The second-order valence-electron chi connectivity index (χ2n) is 8.65. The number of benzene rings is 5. The molecule has 0 aliphatic heterocycles. The summed E-state index contributed by atoms with van der Waals surface area (Å²) in [6.07, 6.45) is 1.71. The van der Waals surface area contributed by atoms with Gasteiger partial charge in [0.15, 0.2) is 0 Å². The number of hydrogen-bond donors (Lipinski definition) is 1. The number of fused-ring (bicyclic) bond motifs is 2. The van der Waals surface area contributed by atoms with Crippen molar-refractivity contribution < 1.29 is 19.1 Å². The van der Waals surface area contributed by atoms with E-state index < -0.39 is 5.97 Å². The predicted octanol–water partition coefficient (Wildman–Crippen LogP) is 6.30. The van der Waals surface area contributed by atoms with Crippen LogP contribution in [0.1, 0.15) is 28.4 Å². The Bertz CT molecular complexity index is 1640. The fraction of sp³-hybridized carbons (Fsp3) is 0.0938. The molecule has 0 aliphatic rings. The van der Waals surface area contributed by atoms with Gasteiger partial charge in [0, 0.05) is 5.56 Å². The van der Waals surface area contributed by atoms with E-state index in [9.17, 15) is 9.59 Å². The third-order valence-electron chi connectivity index (χ3n) is 6.15. The molecule has 6 nitrogen and oxygen atoms in total. The number of esters is 1. The lowest BCUT2D eigenvalue weighted by Crippen LogP contribution is -2.20. The lowest BCUT2D eigenvalue weighted by atomic mass is 10.0. The molecule has 5 rings (SSSR count). The maximum absolute atomic E-state index is 12.9. The molecular formula is C32H26N2O4. The lowest BCUT2D eigenvalue weighted by Gasteiger charge is -2.11. The molecule has 1 amide bonds. The van der Waals surface area contributed by atoms with Crippen LogP contribution >= 0.6 is 0 Å². The summed E-state index contributed by atoms with van der Waals surface area (Å²) in [6, 6.07) is 32.0. The highest BCUT2D eigenvalue weighted by atomic mass is 16.5. The molecule has 0 spiro atoms. The first kappa shape index (κ1) is 24.7. The van der Waals surface area contributed by atoms with E-state index in [0.717, 1.165) is 27.1 Å². The first-order chi connectivity index (χ1) is 18.6. The van der Waals surface area contributed by atoms with Crippen molar-refractivity contribution in [2.45, 2.75) is 13.3 Å². The molecule has 0 radical (unpaired) electrons. The molecule has 0 atom stereocenters. The van der Waals surface area contributed by atoms with Gasteiger partial charge in [0.1, 0.15) is 11.5 Å². The number of amides is 1. The summed E-state index contributed by atoms with van der Waals surface area (Å²) in [4.78, 5) is 25.6. The smallest absolute Gasteiger partial charge is 0.343 e. The van der Waals surface area contributed by atoms with Crippen molar-refractivity contribution in [1.82, 2.24) is 5.43 Å². The first-order valence-corrected chi connectivity index (χ1v) is 12.4. The van der Waals surface area contributed by atoms with Gasteiger partial charge in [-0.05, 0) is 64.4 Å². The van der Waals surface area contributed by atoms with Crippen LogP contribution in [0.2, 0.25) is 0 Å². The Morgan fingerprint density at radius 1 is 0.789 bits per heavy atom. The van der Waals surface area contributed by atoms with Crippen molar-refractivity contribution in [3.05, 3.63) is 120 Å². The number of nitrogens with one attached hydrogen (secondary N) is 1. The summed E-state index contributed by atoms with van der Waals surface area (Å²) in [5.41, 5.74) is 4.52. The van der Waals surface area contributed by atoms with Gasteiger partial charge in [0.05, 0.1) is 24.8 Å². The van der Waals surface area contributed by atoms with Crippen LogP contribution in [-0.2, 0) is 11.2 Å². The predicted molar refractivity (Wildman–Crippen MR) is 150 cm³/mol. The average Bonchev–Trinajstić information content (AvgIpc) is 2.95. The lowest BCUT2D eigenvalue weighted by molar-refractivity contribution is -0.120. The topological polar surface area (TPSA) is 77.0 Å². The monoisotopic (exact) mass is 502 g/mol. The van der Waals surface area contributed by atoms with Crippen molar-refractivity contribution in [3.63, 3.8) is 0 Å². The SMILES string of the molecule is CCOc1ccc(C(=O)Oc2ccc3ccccc3c2/C=N\NC(=O)Cc2cccc3ccccc23)cc1. The number of hydrazone groups is 1. The molecular weight excluding hydrogens is 476 g/mol. The molecule has 0 saturated heterocycles. The van der Waals surface area contributed by atoms with Crippen LogP contribution in [0.25, 0.3) is 21.5 Å². The molecule has 0 bridgehead atoms. The molecule has 188 valence electrons. The highest BCUT2D eigenvalue weighted by Gasteiger charge is 2.14. The van der Waals surface area contributed by atoms with E-state index in [0.29, 0.717) is 29.2 Å². The number of hydrogen-bond acceptors (Lipinski definition) is 5. The maximum atomic E-state index is 12.9. The van der Waals surface area contributed by atoms with Crippen LogP contribution in [0.4, 0.5) is 0 Å². The largest absolute Gasteiger partial charge is 0.494 e. The van der Waals surface area contributed by atoms with Gasteiger partial charge in [-0.3, -0.25) is 4.79 Å². The Morgan fingerprint density at radius 2 is 1.47 bits per heavy atom. The Morgan fingerprint density at radius 3 is 2.24 bits per heavy atom. The molecule has 0 aliphatic carbocycles. The second-order valence-corrected chi connectivity index (χ2v) is 8.65. The molecule has 0 heterocycles. The minimum Gasteiger partial charge on any atom is -0.494 e. The normalized spacial score (nSPS) is 11.1. The molecule has 5 aromatic rings. The van der Waals surface area contributed by atoms with Gasteiger partial charge >= 0.3 is 5.97 Å². The highest BCUT2D eigenvalue weighted by Crippen LogP contribution is 2.28. The van der Waals surface area contributed by atoms with Gasteiger partial charge < -0.3 is 9.47 Å². The number of carbonyl (C=O) groups is 2. The zero-order chi connectivity index (χ0) is 26.3. The number of carbonyl (C=O) groups excluding carboxylic acids is 2. The molecule has 0 unspecified atom stereocenters. The number of ether oxygens (including phenoxy) is 2. The van der Waals surface area contributed by atoms with Crippen molar-refractivity contribution in [2.75, 3.05) is 6.61 Å². The minimum absolute atomic E-state index is 0.188. The third kappa shape index (κ3) is 5.55. The molecule has 0 aromatic heterocycles. The van der Waals surface area contributed by atoms with Gasteiger partial charge in [-0.2, -0.15) is 5.10 Å². The van der Waals surface area contributed by atoms with Crippen LogP contribution in [0, 0.1) is 0 Å². The molecule has 38 heavy (non-hydrogen) atoms. The van der Waals surface area contributed by atoms with Gasteiger partial charge in [-0.15, -0.1) is 0 Å². The Balaban J connectivity index is 1.36. The van der Waals surface area contributed by atoms with E-state index in [-0.39, 0.29) is 12.3 Å². The summed E-state index contributed by atoms with van der Waals surface area (Å²) in [5.74, 6) is 0.278. The Labute approximate surface area is 220 Å². The standard InChI is InChI=1S/C32H26N2O4/c1-2-37-26-17-14-24(15-18-26)32(36)38-30-19-16-23-9-4-6-13-28(23)29(30)21-33-34-31(35)20-25-11-7-10-22-8-3-5-12-27(22)25/h3-19,21H,2,20H2,1H3,(H,34,35)/b33-21-. The van der Waals surface area contributed by atoms with E-state index >= 15 is 0 Å². The fourth-order valence-corrected chi connectivity index (χ4v) is 4.34. The Hall–Kier alpha value is -4.97. The maximum Gasteiger partial charge on any atom is 0.343 e. The minimum atomic E-state index is -0.502. The zero-order valence-corrected chi connectivity index (χ0v) is 20.9. The first-order valence-electron chi connectivity index (χ1n) is 12.4. The van der Waals surface area contributed by atoms with Crippen LogP contribution < -0.4 is 14.9 Å². The van der Waals surface area contributed by atoms with Gasteiger partial charge in [0.25, 0.3) is 0 Å². The van der Waals surface area contributed by atoms with E-state index in [4.69, 9.17) is 9.47 Å². The summed E-state index contributed by atoms with van der Waals surface area (Å²) < 4.78 is 11.2. The van der Waals surface area contributed by atoms with E-state index in [1.54, 1.807) is 30.3 Å². The Kier molecular flexibility index (Phi) is 7.41. The van der Waals surface area contributed by atoms with E-state index in [1.807, 2.05) is 79.7 Å². The second kappa shape index (κ2) is 11.4. The number of nitrogens with zero attached hydrogens (tertiary/aromatic N) is 1. The van der Waals surface area contributed by atoms with Crippen LogP contribution in [0.15, 0.2) is 108 Å². The van der Waals surface area contributed by atoms with Crippen molar-refractivity contribution in [1.29, 1.82) is 0 Å². The average molecular weight is 503 g/mol. The molecule has 5 aromatic carbocycles. The summed E-state index contributed by atoms with van der Waals surface area (Å²) in [6.45, 7) is 2.44. The molecule has 0 fully saturated rings.